The van der Waals surface area contributed by atoms with Crippen molar-refractivity contribution >= 4 is 27.5 Å². The van der Waals surface area contributed by atoms with Gasteiger partial charge in [-0.15, -0.1) is 0 Å². The molecule has 1 amide bonds. The number of nitrogens with two attached hydrogens (primary N) is 1. The maximum Gasteiger partial charge on any atom is 0.239 e. The third kappa shape index (κ3) is 5.61. The third-order valence-corrected chi connectivity index (χ3v) is 3.35. The highest BCUT2D eigenvalue weighted by molar-refractivity contribution is 9.10. The smallest absolute Gasteiger partial charge is 0.239 e. The van der Waals surface area contributed by atoms with Gasteiger partial charge >= 0.3 is 0 Å². The summed E-state index contributed by atoms with van der Waals surface area (Å²) < 4.78 is 1.03. The standard InChI is InChI=1S/C14H22BrN3O/c1-3-7-14(2,16)13(19)18-9-8-17-12-6-4-5-11(15)10-12/h4-6,10,17H,3,7-9,16H2,1-2H3,(H,18,19). The van der Waals surface area contributed by atoms with Crippen molar-refractivity contribution in [2.45, 2.75) is 32.2 Å². The van der Waals surface area contributed by atoms with Gasteiger partial charge in [-0.3, -0.25) is 4.79 Å². The lowest BCUT2D eigenvalue weighted by molar-refractivity contribution is -0.125. The molecule has 106 valence electrons. The minimum absolute atomic E-state index is 0.0922. The monoisotopic (exact) mass is 327 g/mol. The quantitative estimate of drug-likeness (QED) is 0.674. The van der Waals surface area contributed by atoms with Gasteiger partial charge in [0, 0.05) is 23.2 Å². The number of anilines is 1. The van der Waals surface area contributed by atoms with Crippen molar-refractivity contribution in [1.82, 2.24) is 5.32 Å². The van der Waals surface area contributed by atoms with Gasteiger partial charge in [-0.1, -0.05) is 35.3 Å². The van der Waals surface area contributed by atoms with Crippen LogP contribution >= 0.6 is 15.9 Å². The largest absolute Gasteiger partial charge is 0.383 e. The van der Waals surface area contributed by atoms with Gasteiger partial charge in [0.15, 0.2) is 0 Å². The highest BCUT2D eigenvalue weighted by Gasteiger charge is 2.26. The molecule has 0 saturated heterocycles. The second-order valence-electron chi connectivity index (χ2n) is 4.86. The Bertz CT molecular complexity index is 421. The second kappa shape index (κ2) is 7.50. The zero-order chi connectivity index (χ0) is 14.3. The molecule has 4 N–H and O–H groups in total. The van der Waals surface area contributed by atoms with Gasteiger partial charge in [0.05, 0.1) is 5.54 Å². The average molecular weight is 328 g/mol. The van der Waals surface area contributed by atoms with E-state index < -0.39 is 5.54 Å². The van der Waals surface area contributed by atoms with Crippen LogP contribution in [0.3, 0.4) is 0 Å². The Morgan fingerprint density at radius 1 is 1.42 bits per heavy atom. The SMILES string of the molecule is CCCC(C)(N)C(=O)NCCNc1cccc(Br)c1. The second-order valence-corrected chi connectivity index (χ2v) is 5.78. The van der Waals surface area contributed by atoms with E-state index in [0.717, 1.165) is 16.6 Å². The Hall–Kier alpha value is -1.07. The molecule has 1 unspecified atom stereocenters. The topological polar surface area (TPSA) is 67.2 Å². The summed E-state index contributed by atoms with van der Waals surface area (Å²) in [6, 6.07) is 7.91. The molecule has 0 aliphatic carbocycles. The number of hydrogen-bond acceptors (Lipinski definition) is 3. The molecule has 0 fully saturated rings. The van der Waals surface area contributed by atoms with Crippen molar-refractivity contribution in [3.8, 4) is 0 Å². The molecule has 0 aliphatic heterocycles. The molecule has 4 nitrogen and oxygen atoms in total. The summed E-state index contributed by atoms with van der Waals surface area (Å²) >= 11 is 3.41. The van der Waals surface area contributed by atoms with Gasteiger partial charge in [-0.2, -0.15) is 0 Å². The van der Waals surface area contributed by atoms with Gasteiger partial charge in [0.1, 0.15) is 0 Å². The zero-order valence-electron chi connectivity index (χ0n) is 11.5. The highest BCUT2D eigenvalue weighted by atomic mass is 79.9. The number of benzene rings is 1. The summed E-state index contributed by atoms with van der Waals surface area (Å²) in [6.07, 6.45) is 1.59. The summed E-state index contributed by atoms with van der Waals surface area (Å²) in [5.74, 6) is -0.0922. The number of halogens is 1. The molecule has 0 spiro atoms. The summed E-state index contributed by atoms with van der Waals surface area (Å²) in [6.45, 7) is 5.02. The number of carbonyl (C=O) groups is 1. The van der Waals surface area contributed by atoms with E-state index in [4.69, 9.17) is 5.73 Å². The van der Waals surface area contributed by atoms with Gasteiger partial charge in [0.2, 0.25) is 5.91 Å². The highest BCUT2D eigenvalue weighted by Crippen LogP contribution is 2.15. The molecule has 0 saturated carbocycles. The van der Waals surface area contributed by atoms with Crippen LogP contribution in [0.2, 0.25) is 0 Å². The van der Waals surface area contributed by atoms with Crippen LogP contribution in [0.25, 0.3) is 0 Å². The van der Waals surface area contributed by atoms with Crippen molar-refractivity contribution in [2.24, 2.45) is 5.73 Å². The van der Waals surface area contributed by atoms with Crippen LogP contribution in [-0.4, -0.2) is 24.5 Å². The Kier molecular flexibility index (Phi) is 6.31. The Morgan fingerprint density at radius 2 is 2.16 bits per heavy atom. The molecule has 0 aromatic heterocycles. The van der Waals surface area contributed by atoms with Gasteiger partial charge < -0.3 is 16.4 Å². The Morgan fingerprint density at radius 3 is 2.79 bits per heavy atom. The molecule has 1 aromatic rings. The van der Waals surface area contributed by atoms with Gasteiger partial charge in [0.25, 0.3) is 0 Å². The molecule has 0 heterocycles. The first-order valence-electron chi connectivity index (χ1n) is 6.52. The van der Waals surface area contributed by atoms with Crippen molar-refractivity contribution in [3.05, 3.63) is 28.7 Å². The lowest BCUT2D eigenvalue weighted by atomic mass is 9.97. The number of carbonyl (C=O) groups excluding carboxylic acids is 1. The number of hydrogen-bond donors (Lipinski definition) is 3. The number of amides is 1. The summed E-state index contributed by atoms with van der Waals surface area (Å²) in [5.41, 5.74) is 6.19. The Labute approximate surface area is 123 Å². The fraction of sp³-hybridized carbons (Fsp3) is 0.500. The van der Waals surface area contributed by atoms with Gasteiger partial charge in [-0.25, -0.2) is 0 Å². The molecule has 0 bridgehead atoms. The zero-order valence-corrected chi connectivity index (χ0v) is 13.1. The van der Waals surface area contributed by atoms with E-state index in [1.807, 2.05) is 31.2 Å². The molecule has 1 rings (SSSR count). The minimum Gasteiger partial charge on any atom is -0.383 e. The molecule has 0 aliphatic rings. The van der Waals surface area contributed by atoms with Crippen LogP contribution < -0.4 is 16.4 Å². The first-order valence-corrected chi connectivity index (χ1v) is 7.31. The van der Waals surface area contributed by atoms with E-state index in [2.05, 4.69) is 26.6 Å². The van der Waals surface area contributed by atoms with Crippen LogP contribution in [-0.2, 0) is 4.79 Å². The van der Waals surface area contributed by atoms with Crippen LogP contribution in [0, 0.1) is 0 Å². The van der Waals surface area contributed by atoms with Crippen molar-refractivity contribution in [3.63, 3.8) is 0 Å². The lowest BCUT2D eigenvalue weighted by Crippen LogP contribution is -2.52. The first kappa shape index (κ1) is 16.0. The number of nitrogens with one attached hydrogen (secondary N) is 2. The molecule has 1 atom stereocenters. The molecule has 1 aromatic carbocycles. The van der Waals surface area contributed by atoms with Crippen molar-refractivity contribution in [2.75, 3.05) is 18.4 Å². The summed E-state index contributed by atoms with van der Waals surface area (Å²) in [5, 5.41) is 6.09. The predicted octanol–water partition coefficient (Wildman–Crippen LogP) is 2.49. The maximum atomic E-state index is 11.8. The molecule has 5 heteroatoms. The lowest BCUT2D eigenvalue weighted by Gasteiger charge is -2.22. The third-order valence-electron chi connectivity index (χ3n) is 2.85. The molecule has 19 heavy (non-hydrogen) atoms. The van der Waals surface area contributed by atoms with Crippen molar-refractivity contribution in [1.29, 1.82) is 0 Å². The fourth-order valence-electron chi connectivity index (χ4n) is 1.82. The van der Waals surface area contributed by atoms with Crippen molar-refractivity contribution < 1.29 is 4.79 Å². The summed E-state index contributed by atoms with van der Waals surface area (Å²) in [4.78, 5) is 11.8. The van der Waals surface area contributed by atoms with E-state index in [0.29, 0.717) is 19.5 Å². The van der Waals surface area contributed by atoms with Crippen LogP contribution in [0.4, 0.5) is 5.69 Å². The van der Waals surface area contributed by atoms with E-state index in [-0.39, 0.29) is 5.91 Å². The van der Waals surface area contributed by atoms with Crippen LogP contribution in [0.1, 0.15) is 26.7 Å². The molecular weight excluding hydrogens is 306 g/mol. The summed E-state index contributed by atoms with van der Waals surface area (Å²) in [7, 11) is 0. The predicted molar refractivity (Wildman–Crippen MR) is 83.1 cm³/mol. The van der Waals surface area contributed by atoms with E-state index in [9.17, 15) is 4.79 Å². The average Bonchev–Trinajstić information content (AvgIpc) is 2.34. The maximum absolute atomic E-state index is 11.8. The van der Waals surface area contributed by atoms with E-state index >= 15 is 0 Å². The molecule has 0 radical (unpaired) electrons. The van der Waals surface area contributed by atoms with Crippen LogP contribution in [0.15, 0.2) is 28.7 Å². The minimum atomic E-state index is -0.773. The van der Waals surface area contributed by atoms with Gasteiger partial charge in [-0.05, 0) is 31.5 Å². The fourth-order valence-corrected chi connectivity index (χ4v) is 2.22. The van der Waals surface area contributed by atoms with E-state index in [1.165, 1.54) is 0 Å². The number of rotatable bonds is 7. The normalized spacial score (nSPS) is 13.7. The van der Waals surface area contributed by atoms with Crippen LogP contribution in [0.5, 0.6) is 0 Å². The molecular formula is C14H22BrN3O. The van der Waals surface area contributed by atoms with E-state index in [1.54, 1.807) is 6.92 Å². The first-order chi connectivity index (χ1) is 8.95. The Balaban J connectivity index is 2.29.